The highest BCUT2D eigenvalue weighted by molar-refractivity contribution is 7.07. The quantitative estimate of drug-likeness (QED) is 0.646. The maximum Gasteiger partial charge on any atom is 0.191 e. The first-order valence-electron chi connectivity index (χ1n) is 8.62. The van der Waals surface area contributed by atoms with E-state index in [9.17, 15) is 0 Å². The smallest absolute Gasteiger partial charge is 0.191 e. The second kappa shape index (κ2) is 8.20. The maximum atomic E-state index is 4.66. The SMILES string of the molecule is CCNC(=NCc1ccsc1)NCc1ccc2c(c1)CCCN2C. The number of benzene rings is 1. The van der Waals surface area contributed by atoms with Crippen molar-refractivity contribution in [1.82, 2.24) is 10.6 Å². The summed E-state index contributed by atoms with van der Waals surface area (Å²) in [6.07, 6.45) is 2.42. The number of hydrogen-bond acceptors (Lipinski definition) is 3. The molecule has 1 aromatic heterocycles. The monoisotopic (exact) mass is 342 g/mol. The molecule has 5 heteroatoms. The lowest BCUT2D eigenvalue weighted by molar-refractivity contribution is 0.740. The van der Waals surface area contributed by atoms with E-state index in [0.29, 0.717) is 6.54 Å². The van der Waals surface area contributed by atoms with Crippen LogP contribution in [0.15, 0.2) is 40.0 Å². The molecule has 0 saturated heterocycles. The Morgan fingerprint density at radius 2 is 2.17 bits per heavy atom. The van der Waals surface area contributed by atoms with Gasteiger partial charge in [-0.3, -0.25) is 0 Å². The van der Waals surface area contributed by atoms with E-state index < -0.39 is 0 Å². The van der Waals surface area contributed by atoms with Crippen LogP contribution in [0.5, 0.6) is 0 Å². The maximum absolute atomic E-state index is 4.66. The fraction of sp³-hybridized carbons (Fsp3) is 0.421. The molecule has 0 fully saturated rings. The van der Waals surface area contributed by atoms with Crippen molar-refractivity contribution in [1.29, 1.82) is 0 Å². The number of fused-ring (bicyclic) bond motifs is 1. The summed E-state index contributed by atoms with van der Waals surface area (Å²) >= 11 is 1.71. The van der Waals surface area contributed by atoms with Crippen LogP contribution < -0.4 is 15.5 Å². The molecular formula is C19H26N4S. The average molecular weight is 343 g/mol. The molecule has 2 heterocycles. The van der Waals surface area contributed by atoms with Gasteiger partial charge in [-0.05, 0) is 59.3 Å². The zero-order chi connectivity index (χ0) is 16.8. The highest BCUT2D eigenvalue weighted by Gasteiger charge is 2.13. The molecule has 0 aliphatic carbocycles. The number of aryl methyl sites for hydroxylation is 1. The molecule has 0 atom stereocenters. The standard InChI is InChI=1S/C19H26N4S/c1-3-20-19(22-13-16-8-10-24-14-16)21-12-15-6-7-18-17(11-15)5-4-9-23(18)2/h6-8,10-11,14H,3-5,9,12-13H2,1-2H3,(H2,20,21,22). The lowest BCUT2D eigenvalue weighted by Gasteiger charge is -2.28. The molecule has 0 bridgehead atoms. The molecule has 1 aromatic carbocycles. The van der Waals surface area contributed by atoms with Crippen molar-refractivity contribution in [2.75, 3.05) is 25.0 Å². The van der Waals surface area contributed by atoms with Gasteiger partial charge in [0.15, 0.2) is 5.96 Å². The van der Waals surface area contributed by atoms with Crippen LogP contribution in [0.25, 0.3) is 0 Å². The number of anilines is 1. The summed E-state index contributed by atoms with van der Waals surface area (Å²) in [6.45, 7) is 5.63. The normalized spacial score (nSPS) is 14.4. The number of rotatable bonds is 5. The summed E-state index contributed by atoms with van der Waals surface area (Å²) in [7, 11) is 2.18. The molecule has 0 unspecified atom stereocenters. The summed E-state index contributed by atoms with van der Waals surface area (Å²) in [5.41, 5.74) is 5.41. The predicted molar refractivity (Wildman–Crippen MR) is 104 cm³/mol. The number of guanidine groups is 1. The summed E-state index contributed by atoms with van der Waals surface area (Å²) in [5, 5.41) is 11.0. The van der Waals surface area contributed by atoms with Crippen LogP contribution >= 0.6 is 11.3 Å². The van der Waals surface area contributed by atoms with Crippen molar-refractivity contribution in [3.63, 3.8) is 0 Å². The largest absolute Gasteiger partial charge is 0.374 e. The van der Waals surface area contributed by atoms with E-state index in [4.69, 9.17) is 0 Å². The van der Waals surface area contributed by atoms with Crippen LogP contribution in [0.3, 0.4) is 0 Å². The zero-order valence-corrected chi connectivity index (χ0v) is 15.3. The van der Waals surface area contributed by atoms with E-state index in [2.05, 4.69) is 69.5 Å². The first kappa shape index (κ1) is 16.8. The van der Waals surface area contributed by atoms with Gasteiger partial charge in [-0.15, -0.1) is 0 Å². The minimum Gasteiger partial charge on any atom is -0.374 e. The number of nitrogens with one attached hydrogen (secondary N) is 2. The minimum absolute atomic E-state index is 0.716. The van der Waals surface area contributed by atoms with Gasteiger partial charge in [0.2, 0.25) is 0 Å². The molecule has 24 heavy (non-hydrogen) atoms. The Morgan fingerprint density at radius 1 is 1.25 bits per heavy atom. The Bertz CT molecular complexity index is 679. The minimum atomic E-state index is 0.716. The molecule has 2 N–H and O–H groups in total. The van der Waals surface area contributed by atoms with E-state index in [-0.39, 0.29) is 0 Å². The van der Waals surface area contributed by atoms with E-state index in [0.717, 1.165) is 25.6 Å². The molecule has 0 radical (unpaired) electrons. The Morgan fingerprint density at radius 3 is 2.96 bits per heavy atom. The average Bonchev–Trinajstić information content (AvgIpc) is 3.11. The third-order valence-corrected chi connectivity index (χ3v) is 5.03. The highest BCUT2D eigenvalue weighted by atomic mass is 32.1. The van der Waals surface area contributed by atoms with Crippen molar-refractivity contribution < 1.29 is 0 Å². The Labute approximate surface area is 148 Å². The van der Waals surface area contributed by atoms with Gasteiger partial charge in [-0.25, -0.2) is 4.99 Å². The Hall–Kier alpha value is -2.01. The van der Waals surface area contributed by atoms with Crippen molar-refractivity contribution in [2.45, 2.75) is 32.9 Å². The third kappa shape index (κ3) is 4.29. The third-order valence-electron chi connectivity index (χ3n) is 4.30. The van der Waals surface area contributed by atoms with Gasteiger partial charge in [0.25, 0.3) is 0 Å². The van der Waals surface area contributed by atoms with Crippen molar-refractivity contribution in [3.05, 3.63) is 51.7 Å². The predicted octanol–water partition coefficient (Wildman–Crippen LogP) is 3.39. The van der Waals surface area contributed by atoms with Gasteiger partial charge >= 0.3 is 0 Å². The van der Waals surface area contributed by atoms with Crippen molar-refractivity contribution >= 4 is 23.0 Å². The molecule has 3 rings (SSSR count). The molecule has 0 saturated carbocycles. The zero-order valence-electron chi connectivity index (χ0n) is 14.5. The second-order valence-electron chi connectivity index (χ2n) is 6.17. The first-order chi connectivity index (χ1) is 11.8. The van der Waals surface area contributed by atoms with Crippen molar-refractivity contribution in [3.8, 4) is 0 Å². The number of thiophene rings is 1. The summed E-state index contributed by atoms with van der Waals surface area (Å²) in [5.74, 6) is 0.874. The lowest BCUT2D eigenvalue weighted by atomic mass is 9.99. The number of aliphatic imine (C=N–C) groups is 1. The van der Waals surface area contributed by atoms with Crippen LogP contribution in [0.2, 0.25) is 0 Å². The van der Waals surface area contributed by atoms with Gasteiger partial charge in [0.05, 0.1) is 6.54 Å². The van der Waals surface area contributed by atoms with Gasteiger partial charge < -0.3 is 15.5 Å². The van der Waals surface area contributed by atoms with Gasteiger partial charge in [-0.2, -0.15) is 11.3 Å². The Kier molecular flexibility index (Phi) is 5.75. The molecule has 2 aromatic rings. The van der Waals surface area contributed by atoms with Crippen LogP contribution in [0, 0.1) is 0 Å². The highest BCUT2D eigenvalue weighted by Crippen LogP contribution is 2.26. The Balaban J connectivity index is 1.63. The van der Waals surface area contributed by atoms with Crippen LogP contribution in [-0.2, 0) is 19.5 Å². The summed E-state index contributed by atoms with van der Waals surface area (Å²) in [4.78, 5) is 7.01. The van der Waals surface area contributed by atoms with Crippen LogP contribution in [-0.4, -0.2) is 26.1 Å². The molecule has 1 aliphatic rings. The van der Waals surface area contributed by atoms with E-state index in [1.807, 2.05) is 0 Å². The second-order valence-corrected chi connectivity index (χ2v) is 6.95. The first-order valence-corrected chi connectivity index (χ1v) is 9.56. The molecule has 1 aliphatic heterocycles. The lowest BCUT2D eigenvalue weighted by Crippen LogP contribution is -2.36. The fourth-order valence-corrected chi connectivity index (χ4v) is 3.69. The van der Waals surface area contributed by atoms with E-state index in [1.165, 1.54) is 35.2 Å². The van der Waals surface area contributed by atoms with Crippen molar-refractivity contribution in [2.24, 2.45) is 4.99 Å². The van der Waals surface area contributed by atoms with Crippen LogP contribution in [0.4, 0.5) is 5.69 Å². The molecular weight excluding hydrogens is 316 g/mol. The van der Waals surface area contributed by atoms with Crippen LogP contribution in [0.1, 0.15) is 30.0 Å². The molecule has 128 valence electrons. The topological polar surface area (TPSA) is 39.7 Å². The van der Waals surface area contributed by atoms with E-state index >= 15 is 0 Å². The molecule has 0 amide bonds. The fourth-order valence-electron chi connectivity index (χ4n) is 3.03. The summed E-state index contributed by atoms with van der Waals surface area (Å²) < 4.78 is 0. The van der Waals surface area contributed by atoms with Gasteiger partial charge in [-0.1, -0.05) is 12.1 Å². The number of nitrogens with zero attached hydrogens (tertiary/aromatic N) is 2. The van der Waals surface area contributed by atoms with Gasteiger partial charge in [0, 0.05) is 32.4 Å². The molecule has 0 spiro atoms. The van der Waals surface area contributed by atoms with E-state index in [1.54, 1.807) is 11.3 Å². The number of hydrogen-bond donors (Lipinski definition) is 2. The molecule has 4 nitrogen and oxygen atoms in total. The van der Waals surface area contributed by atoms with Gasteiger partial charge in [0.1, 0.15) is 0 Å². The summed E-state index contributed by atoms with van der Waals surface area (Å²) in [6, 6.07) is 8.93.